The van der Waals surface area contributed by atoms with Gasteiger partial charge in [-0.1, -0.05) is 24.0 Å². The number of benzene rings is 2. The van der Waals surface area contributed by atoms with Crippen LogP contribution in [0.25, 0.3) is 0 Å². The molecule has 1 atom stereocenters. The molecule has 1 unspecified atom stereocenters. The molecule has 33 heavy (non-hydrogen) atoms. The summed E-state index contributed by atoms with van der Waals surface area (Å²) in [4.78, 5) is 25.8. The summed E-state index contributed by atoms with van der Waals surface area (Å²) in [5.41, 5.74) is 2.55. The quantitative estimate of drug-likeness (QED) is 0.549. The van der Waals surface area contributed by atoms with Crippen LogP contribution >= 0.6 is 0 Å². The summed E-state index contributed by atoms with van der Waals surface area (Å²) in [5.74, 6) is 3.35. The summed E-state index contributed by atoms with van der Waals surface area (Å²) in [7, 11) is 0.818. The van der Waals surface area contributed by atoms with E-state index in [9.17, 15) is 22.8 Å². The Morgan fingerprint density at radius 3 is 2.09 bits per heavy atom. The summed E-state index contributed by atoms with van der Waals surface area (Å²) >= 11 is 0. The van der Waals surface area contributed by atoms with Gasteiger partial charge in [-0.25, -0.2) is 4.79 Å². The van der Waals surface area contributed by atoms with Gasteiger partial charge in [0.1, 0.15) is 0 Å². The summed E-state index contributed by atoms with van der Waals surface area (Å²) in [6.07, 6.45) is -4.97. The number of morpholine rings is 1. The lowest BCUT2D eigenvalue weighted by molar-refractivity contribution is -0.180. The third-order valence-electron chi connectivity index (χ3n) is 5.00. The number of alkyl halides is 3. The van der Waals surface area contributed by atoms with E-state index < -0.39 is 24.1 Å². The van der Waals surface area contributed by atoms with Gasteiger partial charge < -0.3 is 14.8 Å². The van der Waals surface area contributed by atoms with Crippen LogP contribution in [-0.2, 0) is 20.8 Å². The summed E-state index contributed by atoms with van der Waals surface area (Å²) < 4.78 is 48.3. The van der Waals surface area contributed by atoms with Gasteiger partial charge in [-0.15, -0.1) is 0 Å². The Kier molecular flexibility index (Phi) is 8.09. The summed E-state index contributed by atoms with van der Waals surface area (Å²) in [5, 5.41) is 1.65. The van der Waals surface area contributed by atoms with Gasteiger partial charge in [-0.3, -0.25) is 9.69 Å². The smallest absolute Gasteiger partial charge is 0.419 e. The van der Waals surface area contributed by atoms with E-state index in [1.807, 2.05) is 24.3 Å². The minimum absolute atomic E-state index is 0.0360. The highest BCUT2D eigenvalue weighted by Crippen LogP contribution is 2.21. The van der Waals surface area contributed by atoms with Crippen molar-refractivity contribution >= 4 is 11.9 Å². The first-order valence-corrected chi connectivity index (χ1v) is 10.2. The van der Waals surface area contributed by atoms with Crippen molar-refractivity contribution in [3.8, 4) is 11.8 Å². The van der Waals surface area contributed by atoms with Crippen molar-refractivity contribution in [3.05, 3.63) is 70.8 Å². The number of halogens is 3. The van der Waals surface area contributed by atoms with Crippen molar-refractivity contribution < 1.29 is 32.2 Å². The Balaban J connectivity index is 1.60. The Morgan fingerprint density at radius 1 is 1.03 bits per heavy atom. The van der Waals surface area contributed by atoms with Gasteiger partial charge in [0.15, 0.2) is 0 Å². The maximum absolute atomic E-state index is 13.0. The van der Waals surface area contributed by atoms with Gasteiger partial charge in [0.25, 0.3) is 5.91 Å². The molecule has 9 heteroatoms. The minimum atomic E-state index is -4.97. The standard InChI is InChI=1S/C24H23F3N2O4/c1-32-23(31)21(24(25,26)27)28-22(30)20-10-8-18(9-11-20)3-2-17-4-6-19(7-5-17)16-29-12-14-33-15-13-29/h4-11,21H,12-16H2,1H3,(H,28,30). The average molecular weight is 460 g/mol. The zero-order valence-corrected chi connectivity index (χ0v) is 17.9. The first-order valence-electron chi connectivity index (χ1n) is 10.2. The third-order valence-corrected chi connectivity index (χ3v) is 5.00. The molecule has 0 spiro atoms. The SMILES string of the molecule is COC(=O)C(NC(=O)c1ccc(C#Cc2ccc(CN3CCOCC3)cc2)cc1)C(F)(F)F. The first-order chi connectivity index (χ1) is 15.8. The Bertz CT molecular complexity index is 1020. The number of ether oxygens (including phenoxy) is 2. The van der Waals surface area contributed by atoms with Gasteiger partial charge in [0, 0.05) is 36.3 Å². The molecule has 1 amide bonds. The number of amides is 1. The van der Waals surface area contributed by atoms with Gasteiger partial charge in [0.2, 0.25) is 6.04 Å². The van der Waals surface area contributed by atoms with Crippen LogP contribution in [0.5, 0.6) is 0 Å². The van der Waals surface area contributed by atoms with E-state index >= 15 is 0 Å². The number of methoxy groups -OCH3 is 1. The zero-order chi connectivity index (χ0) is 23.8. The molecule has 2 aromatic rings. The number of rotatable bonds is 5. The molecule has 0 radical (unpaired) electrons. The van der Waals surface area contributed by atoms with Crippen molar-refractivity contribution in [1.29, 1.82) is 0 Å². The van der Waals surface area contributed by atoms with Crippen LogP contribution in [0.15, 0.2) is 48.5 Å². The summed E-state index contributed by atoms with van der Waals surface area (Å²) in [6.45, 7) is 4.17. The van der Waals surface area contributed by atoms with Crippen LogP contribution in [0.1, 0.15) is 27.0 Å². The Morgan fingerprint density at radius 2 is 1.58 bits per heavy atom. The monoisotopic (exact) mass is 460 g/mol. The highest BCUT2D eigenvalue weighted by Gasteiger charge is 2.47. The second-order valence-electron chi connectivity index (χ2n) is 7.38. The van der Waals surface area contributed by atoms with Gasteiger partial charge in [-0.2, -0.15) is 13.2 Å². The highest BCUT2D eigenvalue weighted by atomic mass is 19.4. The number of carbonyl (C=O) groups excluding carboxylic acids is 2. The molecular weight excluding hydrogens is 437 g/mol. The van der Waals surface area contributed by atoms with E-state index in [1.54, 1.807) is 5.32 Å². The Hall–Kier alpha value is -3.35. The van der Waals surface area contributed by atoms with Gasteiger partial charge in [0.05, 0.1) is 20.3 Å². The van der Waals surface area contributed by atoms with E-state index in [0.717, 1.165) is 45.5 Å². The molecule has 174 valence electrons. The molecule has 1 fully saturated rings. The van der Waals surface area contributed by atoms with Crippen LogP contribution in [0.3, 0.4) is 0 Å². The van der Waals surface area contributed by atoms with Crippen LogP contribution in [-0.4, -0.2) is 62.4 Å². The van der Waals surface area contributed by atoms with E-state index in [2.05, 4.69) is 21.5 Å². The minimum Gasteiger partial charge on any atom is -0.467 e. The number of hydrogen-bond acceptors (Lipinski definition) is 5. The van der Waals surface area contributed by atoms with E-state index in [-0.39, 0.29) is 5.56 Å². The molecule has 1 saturated heterocycles. The van der Waals surface area contributed by atoms with E-state index in [1.165, 1.54) is 29.8 Å². The molecule has 0 aromatic heterocycles. The number of hydrogen-bond donors (Lipinski definition) is 1. The fourth-order valence-corrected chi connectivity index (χ4v) is 3.17. The summed E-state index contributed by atoms with van der Waals surface area (Å²) in [6, 6.07) is 10.9. The van der Waals surface area contributed by atoms with Crippen LogP contribution in [0, 0.1) is 11.8 Å². The molecule has 1 aliphatic rings. The maximum Gasteiger partial charge on any atom is 0.419 e. The fraction of sp³-hybridized carbons (Fsp3) is 0.333. The van der Waals surface area contributed by atoms with Crippen LogP contribution in [0.4, 0.5) is 13.2 Å². The molecular formula is C24H23F3N2O4. The van der Waals surface area contributed by atoms with Crippen LogP contribution < -0.4 is 5.32 Å². The van der Waals surface area contributed by atoms with Crippen molar-refractivity contribution in [2.75, 3.05) is 33.4 Å². The molecule has 2 aromatic carbocycles. The van der Waals surface area contributed by atoms with Crippen molar-refractivity contribution in [2.45, 2.75) is 18.8 Å². The Labute approximate surface area is 189 Å². The number of carbonyl (C=O) groups is 2. The molecule has 0 bridgehead atoms. The normalized spacial score (nSPS) is 15.2. The van der Waals surface area contributed by atoms with Crippen molar-refractivity contribution in [2.24, 2.45) is 0 Å². The van der Waals surface area contributed by atoms with E-state index in [4.69, 9.17) is 4.74 Å². The number of esters is 1. The number of nitrogens with one attached hydrogen (secondary N) is 1. The van der Waals surface area contributed by atoms with E-state index in [0.29, 0.717) is 5.56 Å². The fourth-order valence-electron chi connectivity index (χ4n) is 3.17. The lowest BCUT2D eigenvalue weighted by Gasteiger charge is -2.26. The number of nitrogens with zero attached hydrogens (tertiary/aromatic N) is 1. The molecule has 1 N–H and O–H groups in total. The molecule has 3 rings (SSSR count). The molecule has 0 aliphatic carbocycles. The first kappa shape index (κ1) is 24.3. The highest BCUT2D eigenvalue weighted by molar-refractivity contribution is 5.97. The third kappa shape index (κ3) is 7.07. The molecule has 1 heterocycles. The van der Waals surface area contributed by atoms with Gasteiger partial charge in [-0.05, 0) is 42.0 Å². The lowest BCUT2D eigenvalue weighted by atomic mass is 10.1. The van der Waals surface area contributed by atoms with Crippen LogP contribution in [0.2, 0.25) is 0 Å². The zero-order valence-electron chi connectivity index (χ0n) is 17.9. The predicted octanol–water partition coefficient (Wildman–Crippen LogP) is 2.75. The molecule has 1 aliphatic heterocycles. The average Bonchev–Trinajstić information content (AvgIpc) is 2.81. The second-order valence-corrected chi connectivity index (χ2v) is 7.38. The molecule has 0 saturated carbocycles. The topological polar surface area (TPSA) is 67.9 Å². The predicted molar refractivity (Wildman–Crippen MR) is 114 cm³/mol. The van der Waals surface area contributed by atoms with Crippen molar-refractivity contribution in [1.82, 2.24) is 10.2 Å². The largest absolute Gasteiger partial charge is 0.467 e. The molecule has 6 nitrogen and oxygen atoms in total. The van der Waals surface area contributed by atoms with Gasteiger partial charge >= 0.3 is 12.1 Å². The second kappa shape index (κ2) is 11.0. The maximum atomic E-state index is 13.0. The van der Waals surface area contributed by atoms with Crippen molar-refractivity contribution in [3.63, 3.8) is 0 Å². The lowest BCUT2D eigenvalue weighted by Crippen LogP contribution is -2.51.